The Morgan fingerprint density at radius 2 is 1.66 bits per heavy atom. The number of benzene rings is 3. The van der Waals surface area contributed by atoms with Crippen molar-refractivity contribution in [2.24, 2.45) is 0 Å². The molecular formula is C45H68N8O5Si. The Labute approximate surface area is 352 Å². The van der Waals surface area contributed by atoms with Crippen molar-refractivity contribution in [1.82, 2.24) is 25.8 Å². The van der Waals surface area contributed by atoms with Crippen molar-refractivity contribution in [1.29, 1.82) is 0 Å². The molecule has 4 N–H and O–H groups in total. The van der Waals surface area contributed by atoms with Gasteiger partial charge in [0.1, 0.15) is 17.7 Å². The predicted octanol–water partition coefficient (Wildman–Crippen LogP) is 8.23. The number of hydrogen-bond donors (Lipinski definition) is 4. The molecule has 0 spiro atoms. The van der Waals surface area contributed by atoms with Crippen molar-refractivity contribution in [2.45, 2.75) is 108 Å². The Morgan fingerprint density at radius 3 is 2.25 bits per heavy atom. The highest BCUT2D eigenvalue weighted by Gasteiger charge is 2.50. The molecule has 1 fully saturated rings. The number of rotatable bonds is 17. The van der Waals surface area contributed by atoms with E-state index in [2.05, 4.69) is 141 Å². The van der Waals surface area contributed by atoms with Crippen LogP contribution in [0.2, 0.25) is 16.6 Å². The molecule has 3 aromatic rings. The Balaban J connectivity index is 1.46. The number of nitrogens with one attached hydrogen (secondary N) is 4. The second-order valence-electron chi connectivity index (χ2n) is 17.6. The highest BCUT2D eigenvalue weighted by molar-refractivity contribution is 6.77. The van der Waals surface area contributed by atoms with Crippen LogP contribution in [0, 0.1) is 10.1 Å². The second-order valence-corrected chi connectivity index (χ2v) is 23.0. The van der Waals surface area contributed by atoms with Gasteiger partial charge in [-0.05, 0) is 84.7 Å². The first kappa shape index (κ1) is 44.2. The van der Waals surface area contributed by atoms with Gasteiger partial charge in [0, 0.05) is 44.6 Å². The lowest BCUT2D eigenvalue weighted by Crippen LogP contribution is -2.71. The van der Waals surface area contributed by atoms with Crippen molar-refractivity contribution >= 4 is 36.2 Å². The summed E-state index contributed by atoms with van der Waals surface area (Å²) in [4.78, 5) is 19.2. The zero-order valence-corrected chi connectivity index (χ0v) is 38.1. The smallest absolute Gasteiger partial charge is 0.294 e. The number of nitrogens with zero attached hydrogens (tertiary/aromatic N) is 4. The van der Waals surface area contributed by atoms with Gasteiger partial charge in [-0.3, -0.25) is 15.4 Å². The molecule has 3 aromatic carbocycles. The lowest BCUT2D eigenvalue weighted by atomic mass is 9.86. The molecule has 6 rings (SSSR count). The quantitative estimate of drug-likeness (QED) is 0.0595. The van der Waals surface area contributed by atoms with Gasteiger partial charge in [0.2, 0.25) is 14.1 Å². The lowest BCUT2D eigenvalue weighted by molar-refractivity contribution is -0.384. The van der Waals surface area contributed by atoms with E-state index in [9.17, 15) is 10.1 Å². The van der Waals surface area contributed by atoms with Crippen LogP contribution in [0.1, 0.15) is 73.3 Å². The monoisotopic (exact) mass is 829 g/mol. The van der Waals surface area contributed by atoms with E-state index in [1.165, 1.54) is 0 Å². The number of ether oxygens (including phenoxy) is 2. The number of hydrogen-bond acceptors (Lipinski definition) is 12. The molecule has 3 aliphatic rings. The minimum atomic E-state index is -2.24. The van der Waals surface area contributed by atoms with Crippen LogP contribution in [0.3, 0.4) is 0 Å². The highest BCUT2D eigenvalue weighted by Crippen LogP contribution is 2.45. The van der Waals surface area contributed by atoms with Gasteiger partial charge in [-0.25, -0.2) is 0 Å². The first-order chi connectivity index (χ1) is 28.1. The van der Waals surface area contributed by atoms with Crippen molar-refractivity contribution in [3.63, 3.8) is 0 Å². The summed E-state index contributed by atoms with van der Waals surface area (Å²) >= 11 is 0. The molecule has 0 saturated carbocycles. The van der Waals surface area contributed by atoms with E-state index in [4.69, 9.17) is 13.9 Å². The second kappa shape index (κ2) is 18.1. The van der Waals surface area contributed by atoms with Gasteiger partial charge in [0.25, 0.3) is 5.69 Å². The van der Waals surface area contributed by atoms with E-state index in [1.807, 2.05) is 24.4 Å². The summed E-state index contributed by atoms with van der Waals surface area (Å²) < 4.78 is 19.5. The zero-order valence-electron chi connectivity index (χ0n) is 37.1. The maximum atomic E-state index is 12.9. The number of anilines is 2. The van der Waals surface area contributed by atoms with Crippen LogP contribution in [0.15, 0.2) is 78.8 Å². The molecule has 0 amide bonds. The molecule has 3 heterocycles. The van der Waals surface area contributed by atoms with E-state index in [0.29, 0.717) is 66.2 Å². The highest BCUT2D eigenvalue weighted by atomic mass is 28.4. The van der Waals surface area contributed by atoms with Crippen LogP contribution in [-0.4, -0.2) is 95.8 Å². The summed E-state index contributed by atoms with van der Waals surface area (Å²) in [6.07, 6.45) is 8.62. The Kier molecular flexibility index (Phi) is 13.6. The summed E-state index contributed by atoms with van der Waals surface area (Å²) in [5.74, 6) is -0.742. The molecule has 0 radical (unpaired) electrons. The number of methoxy groups -OCH3 is 2. The van der Waals surface area contributed by atoms with Gasteiger partial charge in [-0.15, -0.1) is 0 Å². The van der Waals surface area contributed by atoms with Crippen molar-refractivity contribution in [2.75, 3.05) is 64.9 Å². The van der Waals surface area contributed by atoms with Crippen LogP contribution in [0.4, 0.5) is 17.1 Å². The first-order valence-corrected chi connectivity index (χ1v) is 23.5. The SMILES string of the molecule is CCC(O[Si](C(C)C)(C(C)C)C(C)C)N1C=C(C2(Nc3cc([N+](=O)[O-])c(N4CCC(N(C)C)CC4)cc3OC)NC=CC(COC)(c3ccc4ccccc4c3)N2)NC1. The van der Waals surface area contributed by atoms with Crippen molar-refractivity contribution in [3.8, 4) is 5.75 Å². The predicted molar refractivity (Wildman–Crippen MR) is 242 cm³/mol. The molecule has 322 valence electrons. The third-order valence-electron chi connectivity index (χ3n) is 13.0. The molecule has 0 aliphatic carbocycles. The summed E-state index contributed by atoms with van der Waals surface area (Å²) in [5, 5.41) is 30.2. The third-order valence-corrected chi connectivity index (χ3v) is 19.1. The van der Waals surface area contributed by atoms with Crippen molar-refractivity contribution in [3.05, 3.63) is 94.4 Å². The third kappa shape index (κ3) is 8.65. The maximum Gasteiger partial charge on any atom is 0.294 e. The first-order valence-electron chi connectivity index (χ1n) is 21.3. The minimum absolute atomic E-state index is 0.0163. The van der Waals surface area contributed by atoms with Crippen LogP contribution in [-0.2, 0) is 14.7 Å². The molecule has 59 heavy (non-hydrogen) atoms. The standard InChI is InChI=1S/C45H68N8O5Si/c1-12-43(58-59(31(2)3,32(4)5)33(6)7)52-28-42(46-30-52)45(47-22-21-44(49-45,29-56-10)36-18-17-34-15-13-14-16-35(34)25-36)48-38-26-40(53(54)55)39(27-41(38)57-11)51-23-19-37(20-24-51)50(8)9/h13-18,21-22,25-28,31-33,37,43,46-49H,12,19-20,23-24,29-30H2,1-11H3. The van der Waals surface area contributed by atoms with Crippen LogP contribution < -0.4 is 30.9 Å². The largest absolute Gasteiger partial charge is 0.495 e. The van der Waals surface area contributed by atoms with E-state index in [0.717, 1.165) is 41.3 Å². The molecule has 3 aliphatic heterocycles. The van der Waals surface area contributed by atoms with Gasteiger partial charge >= 0.3 is 0 Å². The van der Waals surface area contributed by atoms with Crippen LogP contribution in [0.25, 0.3) is 10.8 Å². The molecule has 0 bridgehead atoms. The van der Waals surface area contributed by atoms with Crippen LogP contribution >= 0.6 is 0 Å². The Bertz CT molecular complexity index is 1980. The summed E-state index contributed by atoms with van der Waals surface area (Å²) in [6, 6.07) is 18.6. The molecular weight excluding hydrogens is 761 g/mol. The molecule has 0 aromatic heterocycles. The summed E-state index contributed by atoms with van der Waals surface area (Å²) in [6.45, 7) is 18.3. The van der Waals surface area contributed by atoms with Gasteiger partial charge < -0.3 is 44.5 Å². The molecule has 1 saturated heterocycles. The number of nitro groups is 1. The van der Waals surface area contributed by atoms with E-state index < -0.39 is 19.6 Å². The molecule has 3 atom stereocenters. The molecule has 3 unspecified atom stereocenters. The van der Waals surface area contributed by atoms with Crippen LogP contribution in [0.5, 0.6) is 5.75 Å². The summed E-state index contributed by atoms with van der Waals surface area (Å²) in [5.41, 5.74) is 3.27. The van der Waals surface area contributed by atoms with Gasteiger partial charge in [-0.2, -0.15) is 0 Å². The average molecular weight is 829 g/mol. The Morgan fingerprint density at radius 1 is 0.983 bits per heavy atom. The van der Waals surface area contributed by atoms with E-state index in [1.54, 1.807) is 20.3 Å². The van der Waals surface area contributed by atoms with Gasteiger partial charge in [-0.1, -0.05) is 84.9 Å². The normalized spacial score (nSPS) is 22.0. The van der Waals surface area contributed by atoms with E-state index >= 15 is 0 Å². The average Bonchev–Trinajstić information content (AvgIpc) is 3.72. The number of piperidine rings is 1. The molecule has 14 heteroatoms. The van der Waals surface area contributed by atoms with E-state index in [-0.39, 0.29) is 16.8 Å². The molecule has 13 nitrogen and oxygen atoms in total. The van der Waals surface area contributed by atoms with Gasteiger partial charge in [0.15, 0.2) is 0 Å². The Hall–Kier alpha value is -4.34. The fraction of sp³-hybridized carbons (Fsp3) is 0.556. The summed E-state index contributed by atoms with van der Waals surface area (Å²) in [7, 11) is 5.25. The maximum absolute atomic E-state index is 12.9. The zero-order chi connectivity index (χ0) is 42.7. The minimum Gasteiger partial charge on any atom is -0.495 e. The fourth-order valence-corrected chi connectivity index (χ4v) is 15.5. The van der Waals surface area contributed by atoms with Crippen molar-refractivity contribution < 1.29 is 18.8 Å². The number of fused-ring (bicyclic) bond motifs is 1. The number of nitro benzene ring substituents is 1. The topological polar surface area (TPSA) is 129 Å². The van der Waals surface area contributed by atoms with Gasteiger partial charge in [0.05, 0.1) is 42.2 Å². The fourth-order valence-electron chi connectivity index (χ4n) is 9.96. The lowest BCUT2D eigenvalue weighted by Gasteiger charge is -2.48.